The van der Waals surface area contributed by atoms with Gasteiger partial charge in [-0.1, -0.05) is 19.3 Å². The molecule has 2 rings (SSSR count). The maximum Gasteiger partial charge on any atom is 0.416 e. The van der Waals surface area contributed by atoms with Crippen molar-refractivity contribution >= 4 is 18.3 Å². The van der Waals surface area contributed by atoms with Crippen molar-refractivity contribution in [3.8, 4) is 0 Å². The fourth-order valence-corrected chi connectivity index (χ4v) is 3.09. The molecule has 0 spiro atoms. The largest absolute Gasteiger partial charge is 0.416 e. The van der Waals surface area contributed by atoms with Crippen molar-refractivity contribution in [3.63, 3.8) is 0 Å². The molecule has 0 radical (unpaired) electrons. The van der Waals surface area contributed by atoms with Gasteiger partial charge >= 0.3 is 12.4 Å². The van der Waals surface area contributed by atoms with Crippen LogP contribution in [0, 0.1) is 0 Å². The first kappa shape index (κ1) is 19.2. The van der Waals surface area contributed by atoms with Gasteiger partial charge in [0, 0.05) is 11.7 Å². The molecule has 1 unspecified atom stereocenters. The fraction of sp³-hybridized carbons (Fsp3) is 0.600. The number of anilines is 1. The van der Waals surface area contributed by atoms with E-state index in [1.54, 1.807) is 0 Å². The number of alkyl halides is 6. The molecular weight excluding hydrogens is 354 g/mol. The number of halogens is 6. The second-order valence-corrected chi connectivity index (χ2v) is 6.36. The van der Waals surface area contributed by atoms with Gasteiger partial charge in [0.05, 0.1) is 11.1 Å². The Balaban J connectivity index is 2.15. The van der Waals surface area contributed by atoms with E-state index >= 15 is 0 Å². The number of thiol groups is 1. The van der Waals surface area contributed by atoms with Crippen LogP contribution in [0.15, 0.2) is 18.2 Å². The van der Waals surface area contributed by atoms with Crippen LogP contribution in [0.4, 0.5) is 32.0 Å². The third-order valence-corrected chi connectivity index (χ3v) is 4.17. The third kappa shape index (κ3) is 5.47. The van der Waals surface area contributed by atoms with Crippen LogP contribution >= 0.6 is 12.6 Å². The lowest BCUT2D eigenvalue weighted by molar-refractivity contribution is -0.143. The van der Waals surface area contributed by atoms with Gasteiger partial charge in [-0.15, -0.1) is 12.6 Å². The summed E-state index contributed by atoms with van der Waals surface area (Å²) in [6, 6.07) is 1.57. The summed E-state index contributed by atoms with van der Waals surface area (Å²) in [7, 11) is 0. The molecule has 0 heterocycles. The molecule has 24 heavy (non-hydrogen) atoms. The molecular formula is C15H18F6N2S. The predicted molar refractivity (Wildman–Crippen MR) is 82.9 cm³/mol. The van der Waals surface area contributed by atoms with Crippen molar-refractivity contribution in [1.29, 1.82) is 0 Å². The molecule has 0 aliphatic heterocycles. The van der Waals surface area contributed by atoms with Crippen molar-refractivity contribution in [2.24, 2.45) is 0 Å². The molecule has 0 bridgehead atoms. The Morgan fingerprint density at radius 2 is 1.38 bits per heavy atom. The highest BCUT2D eigenvalue weighted by Crippen LogP contribution is 2.37. The quantitative estimate of drug-likeness (QED) is 0.381. The zero-order chi connectivity index (χ0) is 18.0. The first-order valence-electron chi connectivity index (χ1n) is 7.56. The number of hydrogen-bond donors (Lipinski definition) is 3. The van der Waals surface area contributed by atoms with Gasteiger partial charge in [0.25, 0.3) is 0 Å². The maximum atomic E-state index is 12.8. The second kappa shape index (κ2) is 7.43. The Labute approximate surface area is 141 Å². The highest BCUT2D eigenvalue weighted by molar-refractivity contribution is 7.81. The van der Waals surface area contributed by atoms with Gasteiger partial charge in [0.2, 0.25) is 0 Å². The maximum absolute atomic E-state index is 12.8. The molecule has 1 aliphatic carbocycles. The molecule has 2 N–H and O–H groups in total. The van der Waals surface area contributed by atoms with Crippen LogP contribution in [0.5, 0.6) is 0 Å². The summed E-state index contributed by atoms with van der Waals surface area (Å²) >= 11 is 4.18. The van der Waals surface area contributed by atoms with E-state index in [0.29, 0.717) is 12.1 Å². The van der Waals surface area contributed by atoms with Crippen LogP contribution in [-0.4, -0.2) is 11.5 Å². The predicted octanol–water partition coefficient (Wildman–Crippen LogP) is 5.27. The van der Waals surface area contributed by atoms with E-state index in [0.717, 1.165) is 32.1 Å². The zero-order valence-electron chi connectivity index (χ0n) is 12.6. The Bertz CT molecular complexity index is 520. The number of hydrogen-bond acceptors (Lipinski definition) is 3. The third-order valence-electron chi connectivity index (χ3n) is 3.89. The molecule has 136 valence electrons. The van der Waals surface area contributed by atoms with E-state index in [1.165, 1.54) is 0 Å². The summed E-state index contributed by atoms with van der Waals surface area (Å²) < 4.78 is 76.9. The zero-order valence-corrected chi connectivity index (χ0v) is 13.5. The van der Waals surface area contributed by atoms with Gasteiger partial charge in [-0.25, -0.2) is 0 Å². The number of nitrogens with one attached hydrogen (secondary N) is 2. The van der Waals surface area contributed by atoms with Crippen molar-refractivity contribution < 1.29 is 26.3 Å². The fourth-order valence-electron chi connectivity index (χ4n) is 2.73. The molecule has 1 aliphatic rings. The van der Waals surface area contributed by atoms with E-state index in [2.05, 4.69) is 23.3 Å². The molecule has 9 heteroatoms. The Hall–Kier alpha value is -1.09. The average molecular weight is 372 g/mol. The van der Waals surface area contributed by atoms with E-state index in [-0.39, 0.29) is 17.8 Å². The summed E-state index contributed by atoms with van der Waals surface area (Å²) in [5.41, 5.74) is -3.71. The Morgan fingerprint density at radius 3 is 1.83 bits per heavy atom. The topological polar surface area (TPSA) is 24.1 Å². The first-order valence-corrected chi connectivity index (χ1v) is 8.07. The van der Waals surface area contributed by atoms with Crippen molar-refractivity contribution in [1.82, 2.24) is 5.32 Å². The van der Waals surface area contributed by atoms with Crippen molar-refractivity contribution in [2.75, 3.05) is 5.32 Å². The van der Waals surface area contributed by atoms with Gasteiger partial charge in [-0.05, 0) is 31.0 Å². The molecule has 0 aromatic heterocycles. The SMILES string of the molecule is FC(F)(F)c1cc(NC(S)NC2CCCCC2)cc(C(F)(F)F)c1. The van der Waals surface area contributed by atoms with Crippen molar-refractivity contribution in [2.45, 2.75) is 56.0 Å². The lowest BCUT2D eigenvalue weighted by Crippen LogP contribution is -2.40. The Kier molecular flexibility index (Phi) is 5.95. The summed E-state index contributed by atoms with van der Waals surface area (Å²) in [6.45, 7) is 0. The first-order chi connectivity index (χ1) is 11.1. The van der Waals surface area contributed by atoms with Crippen LogP contribution in [0.25, 0.3) is 0 Å². The van der Waals surface area contributed by atoms with Crippen LogP contribution in [0.3, 0.4) is 0 Å². The van der Waals surface area contributed by atoms with Gasteiger partial charge < -0.3 is 5.32 Å². The smallest absolute Gasteiger partial charge is 0.361 e. The molecule has 0 amide bonds. The minimum Gasteiger partial charge on any atom is -0.361 e. The minimum atomic E-state index is -4.86. The summed E-state index contributed by atoms with van der Waals surface area (Å²) in [6.07, 6.45) is -4.68. The van der Waals surface area contributed by atoms with Crippen molar-refractivity contribution in [3.05, 3.63) is 29.3 Å². The highest BCUT2D eigenvalue weighted by atomic mass is 32.1. The number of benzene rings is 1. The molecule has 1 aromatic rings. The molecule has 1 saturated carbocycles. The molecule has 1 atom stereocenters. The van der Waals surface area contributed by atoms with Gasteiger partial charge in [0.1, 0.15) is 5.50 Å². The molecule has 1 aromatic carbocycles. The summed E-state index contributed by atoms with van der Waals surface area (Å²) in [4.78, 5) is 0. The summed E-state index contributed by atoms with van der Waals surface area (Å²) in [5.74, 6) is 0. The second-order valence-electron chi connectivity index (χ2n) is 5.84. The van der Waals surface area contributed by atoms with E-state index in [1.807, 2.05) is 0 Å². The standard InChI is InChI=1S/C15H18F6N2S/c16-14(17,18)9-6-10(15(19,20)21)8-12(7-9)23-13(24)22-11-4-2-1-3-5-11/h6-8,11,13,22-24H,1-5H2. The lowest BCUT2D eigenvalue weighted by Gasteiger charge is -2.27. The van der Waals surface area contributed by atoms with Crippen LogP contribution in [0.1, 0.15) is 43.2 Å². The highest BCUT2D eigenvalue weighted by Gasteiger charge is 2.37. The minimum absolute atomic E-state index is 0.104. The normalized spacial score (nSPS) is 18.5. The van der Waals surface area contributed by atoms with E-state index in [9.17, 15) is 26.3 Å². The monoisotopic (exact) mass is 372 g/mol. The lowest BCUT2D eigenvalue weighted by atomic mass is 9.96. The molecule has 0 saturated heterocycles. The van der Waals surface area contributed by atoms with E-state index in [4.69, 9.17) is 0 Å². The number of rotatable bonds is 4. The van der Waals surface area contributed by atoms with Crippen LogP contribution in [0.2, 0.25) is 0 Å². The van der Waals surface area contributed by atoms with Gasteiger partial charge in [0.15, 0.2) is 0 Å². The van der Waals surface area contributed by atoms with Crippen LogP contribution in [-0.2, 0) is 12.4 Å². The molecule has 2 nitrogen and oxygen atoms in total. The summed E-state index contributed by atoms with van der Waals surface area (Å²) in [5, 5.41) is 5.64. The Morgan fingerprint density at radius 1 is 0.875 bits per heavy atom. The average Bonchev–Trinajstić information content (AvgIpc) is 2.46. The molecule has 1 fully saturated rings. The van der Waals surface area contributed by atoms with Crippen LogP contribution < -0.4 is 10.6 Å². The van der Waals surface area contributed by atoms with Gasteiger partial charge in [-0.2, -0.15) is 26.3 Å². The van der Waals surface area contributed by atoms with E-state index < -0.39 is 29.0 Å². The van der Waals surface area contributed by atoms with Gasteiger partial charge in [-0.3, -0.25) is 5.32 Å².